The minimum absolute atomic E-state index is 0.0397. The molecule has 1 saturated heterocycles. The summed E-state index contributed by atoms with van der Waals surface area (Å²) < 4.78 is 17.6. The largest absolute Gasteiger partial charge is 0.454 e. The summed E-state index contributed by atoms with van der Waals surface area (Å²) in [7, 11) is 0. The van der Waals surface area contributed by atoms with Crippen molar-refractivity contribution in [3.63, 3.8) is 0 Å². The van der Waals surface area contributed by atoms with Gasteiger partial charge in [-0.25, -0.2) is 0 Å². The minimum atomic E-state index is -1.64. The Morgan fingerprint density at radius 2 is 0.900 bits per heavy atom. The lowest BCUT2D eigenvalue weighted by atomic mass is 9.99. The van der Waals surface area contributed by atoms with Crippen molar-refractivity contribution in [2.45, 2.75) is 301 Å². The highest BCUT2D eigenvalue weighted by molar-refractivity contribution is 5.80. The fraction of sp³-hybridized carbons (Fsp3) is 0.710. The Balaban J connectivity index is 2.68. The highest BCUT2D eigenvalue weighted by Crippen LogP contribution is 2.26. The first-order chi connectivity index (χ1) is 39.2. The molecule has 11 nitrogen and oxygen atoms in total. The van der Waals surface area contributed by atoms with Crippen molar-refractivity contribution < 1.29 is 49.3 Å². The number of nitrogens with one attached hydrogen (secondary N) is 1. The maximum atomic E-state index is 13.4. The van der Waals surface area contributed by atoms with Gasteiger partial charge in [0.15, 0.2) is 12.4 Å². The van der Waals surface area contributed by atoms with Crippen molar-refractivity contribution in [2.24, 2.45) is 0 Å². The van der Waals surface area contributed by atoms with E-state index in [1.807, 2.05) is 18.2 Å². The second kappa shape index (κ2) is 55.8. The number of allylic oxidation sites excluding steroid dienone is 17. The quantitative estimate of drug-likeness (QED) is 0.0195. The zero-order chi connectivity index (χ0) is 58.2. The third kappa shape index (κ3) is 43.1. The molecule has 1 aliphatic rings. The van der Waals surface area contributed by atoms with E-state index in [0.717, 1.165) is 96.3 Å². The number of aliphatic hydroxyl groups is 5. The van der Waals surface area contributed by atoms with E-state index in [1.165, 1.54) is 103 Å². The summed E-state index contributed by atoms with van der Waals surface area (Å²) in [6, 6.07) is -1.04. The molecule has 1 aliphatic heterocycles. The number of hydrogen-bond donors (Lipinski definition) is 6. The SMILES string of the molecule is CC/C=C\C/C=C\C/C=C\C/C=C\C/C=C\CCCC(=O)OC1C(OCC(NC(=O)C(O)CCCCCCCCCCC/C=C\C/C=C\C/C=C\CCCCC)C(O)/C=C/CCCCCCCCCCCC)OC(CO)C(O)C1O. The van der Waals surface area contributed by atoms with Gasteiger partial charge in [-0.1, -0.05) is 252 Å². The topological polar surface area (TPSA) is 175 Å². The lowest BCUT2D eigenvalue weighted by Gasteiger charge is -2.41. The molecular formula is C69H117NO10. The monoisotopic (exact) mass is 1120 g/mol. The van der Waals surface area contributed by atoms with Gasteiger partial charge in [0, 0.05) is 6.42 Å². The smallest absolute Gasteiger partial charge is 0.306 e. The first-order valence-electron chi connectivity index (χ1n) is 32.2. The number of carbonyl (C=O) groups excluding carboxylic acids is 2. The maximum absolute atomic E-state index is 13.4. The molecule has 0 saturated carbocycles. The van der Waals surface area contributed by atoms with Crippen LogP contribution in [0.1, 0.15) is 252 Å². The molecule has 8 atom stereocenters. The molecule has 11 heteroatoms. The number of amides is 1. The Bertz CT molecular complexity index is 1710. The number of rotatable bonds is 53. The van der Waals surface area contributed by atoms with Crippen molar-refractivity contribution >= 4 is 11.9 Å². The molecule has 1 heterocycles. The second-order valence-corrected chi connectivity index (χ2v) is 21.8. The average molecular weight is 1120 g/mol. The van der Waals surface area contributed by atoms with Gasteiger partial charge in [0.2, 0.25) is 5.91 Å². The molecule has 0 aromatic rings. The number of carbonyl (C=O) groups is 2. The Kier molecular flexibility index (Phi) is 51.9. The fourth-order valence-corrected chi connectivity index (χ4v) is 9.34. The standard InChI is InChI=1S/C69H117NO10/c1-4-7-10-13-16-19-22-25-27-29-30-31-32-33-35-36-38-41-44-47-50-53-56-62(73)68(77)70-60(61(72)55-52-49-46-43-40-24-21-18-15-12-9-6-3)59-78-69-67(66(76)65(75)63(58-71)79-69)80-64(74)57-54-51-48-45-42-39-37-34-28-26-23-20-17-14-11-8-5-2/h8,11,16-17,19-20,25-28,30-31,37,39,45,48,52,55,60-63,65-67,69,71-73,75-76H,4-7,9-10,12-15,18,21-24,29,32-36,38,40-44,46-47,49-51,53-54,56-59H2,1-3H3,(H,70,77)/b11-8-,19-16-,20-17-,27-25-,28-26-,31-30-,39-37-,48-45-,55-52+. The Hall–Kier alpha value is -3.68. The van der Waals surface area contributed by atoms with Crippen molar-refractivity contribution in [3.8, 4) is 0 Å². The third-order valence-electron chi connectivity index (χ3n) is 14.4. The van der Waals surface area contributed by atoms with E-state index in [9.17, 15) is 35.1 Å². The van der Waals surface area contributed by atoms with E-state index >= 15 is 0 Å². The number of hydrogen-bond acceptors (Lipinski definition) is 10. The van der Waals surface area contributed by atoms with E-state index in [-0.39, 0.29) is 19.4 Å². The first-order valence-corrected chi connectivity index (χ1v) is 32.2. The molecule has 0 aliphatic carbocycles. The molecule has 0 radical (unpaired) electrons. The van der Waals surface area contributed by atoms with Gasteiger partial charge in [0.05, 0.1) is 25.4 Å². The van der Waals surface area contributed by atoms with Crippen LogP contribution in [0.3, 0.4) is 0 Å². The lowest BCUT2D eigenvalue weighted by Crippen LogP contribution is -2.61. The average Bonchev–Trinajstić information content (AvgIpc) is 3.45. The first kappa shape index (κ1) is 74.3. The van der Waals surface area contributed by atoms with Crippen molar-refractivity contribution in [2.75, 3.05) is 13.2 Å². The van der Waals surface area contributed by atoms with Crippen LogP contribution in [0, 0.1) is 0 Å². The van der Waals surface area contributed by atoms with Crippen LogP contribution in [0.25, 0.3) is 0 Å². The Labute approximate surface area is 488 Å². The number of unbranched alkanes of at least 4 members (excludes halogenated alkanes) is 23. The third-order valence-corrected chi connectivity index (χ3v) is 14.4. The summed E-state index contributed by atoms with van der Waals surface area (Å²) >= 11 is 0. The predicted molar refractivity (Wildman–Crippen MR) is 333 cm³/mol. The van der Waals surface area contributed by atoms with Crippen molar-refractivity contribution in [1.29, 1.82) is 0 Å². The van der Waals surface area contributed by atoms with Crippen LogP contribution < -0.4 is 5.32 Å². The molecule has 1 fully saturated rings. The fourth-order valence-electron chi connectivity index (χ4n) is 9.34. The molecule has 1 amide bonds. The number of esters is 1. The van der Waals surface area contributed by atoms with Crippen LogP contribution in [-0.4, -0.2) is 99.6 Å². The molecule has 0 bridgehead atoms. The zero-order valence-corrected chi connectivity index (χ0v) is 50.7. The van der Waals surface area contributed by atoms with Gasteiger partial charge < -0.3 is 45.1 Å². The molecule has 0 aromatic carbocycles. The summed E-state index contributed by atoms with van der Waals surface area (Å²) in [5.74, 6) is -1.27. The summed E-state index contributed by atoms with van der Waals surface area (Å²) in [4.78, 5) is 26.6. The van der Waals surface area contributed by atoms with Gasteiger partial charge in [-0.2, -0.15) is 0 Å². The summed E-state index contributed by atoms with van der Waals surface area (Å²) in [6.45, 7) is 5.61. The van der Waals surface area contributed by atoms with Gasteiger partial charge in [0.25, 0.3) is 0 Å². The molecule has 1 rings (SSSR count). The van der Waals surface area contributed by atoms with Crippen LogP contribution in [0.4, 0.5) is 0 Å². The van der Waals surface area contributed by atoms with Crippen molar-refractivity contribution in [3.05, 3.63) is 109 Å². The highest BCUT2D eigenvalue weighted by atomic mass is 16.7. The molecule has 0 aromatic heterocycles. The summed E-state index contributed by atoms with van der Waals surface area (Å²) in [5.41, 5.74) is 0. The van der Waals surface area contributed by atoms with E-state index < -0.39 is 67.4 Å². The van der Waals surface area contributed by atoms with Crippen LogP contribution in [0.2, 0.25) is 0 Å². The van der Waals surface area contributed by atoms with Crippen LogP contribution in [-0.2, 0) is 23.8 Å². The molecule has 80 heavy (non-hydrogen) atoms. The predicted octanol–water partition coefficient (Wildman–Crippen LogP) is 15.7. The number of aliphatic hydroxyl groups excluding tert-OH is 5. The minimum Gasteiger partial charge on any atom is -0.454 e. The zero-order valence-electron chi connectivity index (χ0n) is 50.7. The van der Waals surface area contributed by atoms with Crippen LogP contribution in [0.15, 0.2) is 109 Å². The molecule has 6 N–H and O–H groups in total. The second-order valence-electron chi connectivity index (χ2n) is 21.8. The van der Waals surface area contributed by atoms with E-state index in [4.69, 9.17) is 14.2 Å². The van der Waals surface area contributed by atoms with Gasteiger partial charge in [-0.3, -0.25) is 9.59 Å². The molecule has 458 valence electrons. The normalized spacial score (nSPS) is 19.5. The molecular weight excluding hydrogens is 1000 g/mol. The lowest BCUT2D eigenvalue weighted by molar-refractivity contribution is -0.305. The number of ether oxygens (including phenoxy) is 3. The maximum Gasteiger partial charge on any atom is 0.306 e. The van der Waals surface area contributed by atoms with Gasteiger partial charge in [-0.15, -0.1) is 0 Å². The van der Waals surface area contributed by atoms with E-state index in [1.54, 1.807) is 6.08 Å². The van der Waals surface area contributed by atoms with Crippen LogP contribution in [0.5, 0.6) is 0 Å². The van der Waals surface area contributed by atoms with Gasteiger partial charge in [-0.05, 0) is 103 Å². The van der Waals surface area contributed by atoms with Crippen molar-refractivity contribution in [1.82, 2.24) is 5.32 Å². The summed E-state index contributed by atoms with van der Waals surface area (Å²) in [5, 5.41) is 57.0. The van der Waals surface area contributed by atoms with Gasteiger partial charge >= 0.3 is 5.97 Å². The molecule has 8 unspecified atom stereocenters. The summed E-state index contributed by atoms with van der Waals surface area (Å²) in [6.07, 6.45) is 65.6. The Morgan fingerprint density at radius 3 is 1.38 bits per heavy atom. The highest BCUT2D eigenvalue weighted by Gasteiger charge is 2.47. The molecule has 0 spiro atoms. The van der Waals surface area contributed by atoms with E-state index in [2.05, 4.69) is 111 Å². The van der Waals surface area contributed by atoms with Gasteiger partial charge in [0.1, 0.15) is 24.4 Å². The van der Waals surface area contributed by atoms with Crippen LogP contribution >= 0.6 is 0 Å². The Morgan fingerprint density at radius 1 is 0.500 bits per heavy atom. The van der Waals surface area contributed by atoms with E-state index in [0.29, 0.717) is 19.3 Å².